The smallest absolute Gasteiger partial charge is 0.404 e. The van der Waals surface area contributed by atoms with Crippen molar-refractivity contribution in [3.63, 3.8) is 0 Å². The number of hydrogen-bond donors (Lipinski definition) is 4. The molecule has 0 spiro atoms. The van der Waals surface area contributed by atoms with Crippen molar-refractivity contribution in [1.29, 1.82) is 0 Å². The maximum absolute atomic E-state index is 12.1. The minimum atomic E-state index is -0.969. The Balaban J connectivity index is 5.02. The molecular weight excluding hydrogens is 538 g/mol. The van der Waals surface area contributed by atoms with Crippen molar-refractivity contribution in [1.82, 2.24) is 0 Å². The predicted molar refractivity (Wildman–Crippen MR) is 165 cm³/mol. The van der Waals surface area contributed by atoms with Crippen molar-refractivity contribution in [2.75, 3.05) is 6.61 Å². The van der Waals surface area contributed by atoms with Gasteiger partial charge >= 0.3 is 12.1 Å². The third-order valence-corrected chi connectivity index (χ3v) is 7.45. The molecule has 1 amide bonds. The first-order valence-corrected chi connectivity index (χ1v) is 15.0. The molecule has 9 atom stereocenters. The van der Waals surface area contributed by atoms with E-state index < -0.39 is 30.5 Å². The second-order valence-electron chi connectivity index (χ2n) is 11.5. The standard InChI is InChI=1S/C33H55NO8/c1-9-11-13-23(5)32(42-33(34)40)26(8)31(39)25(7)19-21(3)18-24(6)30(38)22(4)16-17-28(36)20-27(35)14-12-15-29(37)41-10-2/h9,11,13,16-18,22-26,28,30-32,36,38-39H,1,10,12,14-15,19-20H2,2-8H3,(H2,34,40)/b13-11+,17-16+,21-18+. The molecule has 0 aliphatic heterocycles. The SMILES string of the molecule is C=C/C=C/C(C)C(OC(N)=O)C(C)C(O)C(C)C/C(C)=C/C(C)C(O)C(C)/C=C/C(O)CC(=O)CCCC(=O)OCC. The molecule has 5 N–H and O–H groups in total. The number of esters is 1. The van der Waals surface area contributed by atoms with Crippen LogP contribution in [-0.2, 0) is 19.1 Å². The molecule has 0 saturated heterocycles. The average Bonchev–Trinajstić information content (AvgIpc) is 2.91. The van der Waals surface area contributed by atoms with E-state index in [0.717, 1.165) is 5.57 Å². The van der Waals surface area contributed by atoms with E-state index in [1.54, 1.807) is 25.2 Å². The summed E-state index contributed by atoms with van der Waals surface area (Å²) in [6.45, 7) is 17.0. The highest BCUT2D eigenvalue weighted by Crippen LogP contribution is 2.29. The molecule has 0 rings (SSSR count). The number of carbonyl (C=O) groups is 3. The Kier molecular flexibility index (Phi) is 19.6. The lowest BCUT2D eigenvalue weighted by atomic mass is 9.81. The van der Waals surface area contributed by atoms with E-state index in [2.05, 4.69) is 6.58 Å². The van der Waals surface area contributed by atoms with E-state index in [1.165, 1.54) is 6.08 Å². The van der Waals surface area contributed by atoms with Gasteiger partial charge in [0.05, 0.1) is 24.9 Å². The van der Waals surface area contributed by atoms with Gasteiger partial charge in [0, 0.05) is 42.9 Å². The molecular formula is C33H55NO8. The molecule has 0 heterocycles. The summed E-state index contributed by atoms with van der Waals surface area (Å²) in [7, 11) is 0. The summed E-state index contributed by atoms with van der Waals surface area (Å²) < 4.78 is 10.2. The number of carbonyl (C=O) groups excluding carboxylic acids is 3. The van der Waals surface area contributed by atoms with Crippen molar-refractivity contribution in [2.45, 2.75) is 105 Å². The number of amides is 1. The Morgan fingerprint density at radius 1 is 0.881 bits per heavy atom. The quantitative estimate of drug-likeness (QED) is 0.0819. The molecule has 0 aromatic heterocycles. The zero-order chi connectivity index (χ0) is 32.4. The van der Waals surface area contributed by atoms with Crippen LogP contribution in [0.5, 0.6) is 0 Å². The fourth-order valence-electron chi connectivity index (χ4n) is 5.11. The first kappa shape index (κ1) is 39.2. The number of primary amides is 1. The molecule has 0 aromatic rings. The highest BCUT2D eigenvalue weighted by Gasteiger charge is 2.33. The molecule has 0 fully saturated rings. The summed E-state index contributed by atoms with van der Waals surface area (Å²) in [6.07, 6.45) is 7.75. The minimum absolute atomic E-state index is 0.0516. The first-order chi connectivity index (χ1) is 19.6. The van der Waals surface area contributed by atoms with Crippen LogP contribution >= 0.6 is 0 Å². The largest absolute Gasteiger partial charge is 0.466 e. The molecule has 9 nitrogen and oxygen atoms in total. The van der Waals surface area contributed by atoms with Crippen molar-refractivity contribution in [2.24, 2.45) is 35.3 Å². The first-order valence-electron chi connectivity index (χ1n) is 15.0. The summed E-state index contributed by atoms with van der Waals surface area (Å²) in [5.41, 5.74) is 6.29. The second-order valence-corrected chi connectivity index (χ2v) is 11.5. The lowest BCUT2D eigenvalue weighted by Gasteiger charge is -2.33. The fraction of sp³-hybridized carbons (Fsp3) is 0.667. The van der Waals surface area contributed by atoms with Gasteiger partial charge in [0.25, 0.3) is 0 Å². The zero-order valence-corrected chi connectivity index (χ0v) is 26.6. The van der Waals surface area contributed by atoms with Crippen LogP contribution in [0.3, 0.4) is 0 Å². The molecule has 9 heteroatoms. The van der Waals surface area contributed by atoms with Crippen molar-refractivity contribution < 1.29 is 39.2 Å². The van der Waals surface area contributed by atoms with Crippen molar-refractivity contribution >= 4 is 17.8 Å². The lowest BCUT2D eigenvalue weighted by molar-refractivity contribution is -0.143. The molecule has 240 valence electrons. The Bertz CT molecular complexity index is 927. The third kappa shape index (κ3) is 16.0. The monoisotopic (exact) mass is 593 g/mol. The van der Waals surface area contributed by atoms with Gasteiger partial charge in [-0.1, -0.05) is 83.2 Å². The molecule has 0 aromatic carbocycles. The molecule has 0 bridgehead atoms. The normalized spacial score (nSPS) is 18.9. The summed E-state index contributed by atoms with van der Waals surface area (Å²) in [5.74, 6) is -1.68. The van der Waals surface area contributed by atoms with Gasteiger partial charge in [-0.2, -0.15) is 0 Å². The highest BCUT2D eigenvalue weighted by atomic mass is 16.6. The van der Waals surface area contributed by atoms with Gasteiger partial charge in [0.15, 0.2) is 0 Å². The molecule has 0 aliphatic rings. The second kappa shape index (κ2) is 21.0. The number of hydrogen-bond acceptors (Lipinski definition) is 8. The van der Waals surface area contributed by atoms with Crippen LogP contribution < -0.4 is 5.73 Å². The van der Waals surface area contributed by atoms with Crippen LogP contribution in [0.15, 0.2) is 48.6 Å². The van der Waals surface area contributed by atoms with Gasteiger partial charge < -0.3 is 30.5 Å². The fourth-order valence-corrected chi connectivity index (χ4v) is 5.11. The highest BCUT2D eigenvalue weighted by molar-refractivity contribution is 5.79. The van der Waals surface area contributed by atoms with Crippen molar-refractivity contribution in [3.8, 4) is 0 Å². The topological polar surface area (TPSA) is 156 Å². The Labute approximate surface area is 252 Å². The van der Waals surface area contributed by atoms with E-state index in [1.807, 2.05) is 53.7 Å². The van der Waals surface area contributed by atoms with Gasteiger partial charge in [-0.3, -0.25) is 9.59 Å². The van der Waals surface area contributed by atoms with Crippen LogP contribution in [0.2, 0.25) is 0 Å². The summed E-state index contributed by atoms with van der Waals surface area (Å²) in [4.78, 5) is 35.0. The molecule has 0 radical (unpaired) electrons. The van der Waals surface area contributed by atoms with Gasteiger partial charge in [0.2, 0.25) is 0 Å². The summed E-state index contributed by atoms with van der Waals surface area (Å²) >= 11 is 0. The number of aliphatic hydroxyl groups is 3. The van der Waals surface area contributed by atoms with Gasteiger partial charge in [-0.05, 0) is 32.6 Å². The maximum Gasteiger partial charge on any atom is 0.404 e. The number of aliphatic hydroxyl groups excluding tert-OH is 3. The maximum atomic E-state index is 12.1. The van der Waals surface area contributed by atoms with E-state index >= 15 is 0 Å². The summed E-state index contributed by atoms with van der Waals surface area (Å²) in [5, 5.41) is 32.2. The zero-order valence-electron chi connectivity index (χ0n) is 26.6. The van der Waals surface area contributed by atoms with E-state index in [9.17, 15) is 29.7 Å². The minimum Gasteiger partial charge on any atom is -0.466 e. The average molecular weight is 594 g/mol. The van der Waals surface area contributed by atoms with E-state index in [4.69, 9.17) is 15.2 Å². The molecule has 0 saturated carbocycles. The van der Waals surface area contributed by atoms with Gasteiger partial charge in [-0.25, -0.2) is 4.79 Å². The predicted octanol–water partition coefficient (Wildman–Crippen LogP) is 5.04. The Morgan fingerprint density at radius 2 is 1.52 bits per heavy atom. The number of ketones is 1. The Morgan fingerprint density at radius 3 is 2.10 bits per heavy atom. The van der Waals surface area contributed by atoms with Crippen molar-refractivity contribution in [3.05, 3.63) is 48.6 Å². The van der Waals surface area contributed by atoms with E-state index in [0.29, 0.717) is 19.4 Å². The van der Waals surface area contributed by atoms with Crippen LogP contribution in [-0.4, -0.2) is 64.2 Å². The van der Waals surface area contributed by atoms with Crippen LogP contribution in [0.1, 0.15) is 80.6 Å². The molecule has 0 aliphatic carbocycles. The van der Waals surface area contributed by atoms with E-state index in [-0.39, 0.29) is 60.6 Å². The summed E-state index contributed by atoms with van der Waals surface area (Å²) in [6, 6.07) is 0. The number of allylic oxidation sites excluding steroid dienone is 3. The van der Waals surface area contributed by atoms with Crippen LogP contribution in [0, 0.1) is 29.6 Å². The van der Waals surface area contributed by atoms with Crippen LogP contribution in [0.4, 0.5) is 4.79 Å². The lowest BCUT2D eigenvalue weighted by Crippen LogP contribution is -2.41. The van der Waals surface area contributed by atoms with Gasteiger partial charge in [0.1, 0.15) is 11.9 Å². The number of Topliss-reactive ketones (excluding diaryl/α,β-unsaturated/α-hetero) is 1. The number of nitrogens with two attached hydrogens (primary N) is 1. The van der Waals surface area contributed by atoms with Gasteiger partial charge in [-0.15, -0.1) is 0 Å². The third-order valence-electron chi connectivity index (χ3n) is 7.45. The Hall–Kier alpha value is -2.75. The molecule has 42 heavy (non-hydrogen) atoms. The molecule has 9 unspecified atom stereocenters. The number of rotatable bonds is 21. The number of ether oxygens (including phenoxy) is 2. The van der Waals surface area contributed by atoms with Crippen LogP contribution in [0.25, 0.3) is 0 Å².